The number of alkyl halides is 3. The van der Waals surface area contributed by atoms with Crippen LogP contribution in [0, 0.1) is 0 Å². The van der Waals surface area contributed by atoms with Crippen molar-refractivity contribution in [1.82, 2.24) is 25.6 Å². The molecule has 2 heterocycles. The largest absolute Gasteiger partial charge is 0.573 e. The van der Waals surface area contributed by atoms with Crippen LogP contribution in [0.4, 0.5) is 13.2 Å². The van der Waals surface area contributed by atoms with E-state index in [1.165, 1.54) is 18.2 Å². The number of aryl methyl sites for hydroxylation is 1. The van der Waals surface area contributed by atoms with E-state index in [9.17, 15) is 13.2 Å². The Morgan fingerprint density at radius 3 is 2.39 bits per heavy atom. The number of hydrogen-bond acceptors (Lipinski definition) is 6. The molecule has 0 saturated heterocycles. The Morgan fingerprint density at radius 1 is 0.917 bits per heavy atom. The third-order valence-electron chi connectivity index (χ3n) is 5.56. The quantitative estimate of drug-likeness (QED) is 0.295. The molecule has 0 aliphatic carbocycles. The van der Waals surface area contributed by atoms with Crippen LogP contribution < -0.4 is 9.47 Å². The summed E-state index contributed by atoms with van der Waals surface area (Å²) < 4.78 is 48.3. The third-order valence-corrected chi connectivity index (χ3v) is 5.56. The van der Waals surface area contributed by atoms with Crippen LogP contribution in [0.2, 0.25) is 0 Å². The number of aromatic nitrogens is 5. The smallest absolute Gasteiger partial charge is 0.488 e. The number of benzene rings is 3. The van der Waals surface area contributed by atoms with Crippen molar-refractivity contribution in [1.29, 1.82) is 0 Å². The summed E-state index contributed by atoms with van der Waals surface area (Å²) in [6, 6.07) is 21.3. The van der Waals surface area contributed by atoms with Crippen LogP contribution in [0.1, 0.15) is 18.2 Å². The van der Waals surface area contributed by atoms with Gasteiger partial charge >= 0.3 is 6.36 Å². The summed E-state index contributed by atoms with van der Waals surface area (Å²) in [5.74, 6) is 0.620. The van der Waals surface area contributed by atoms with E-state index in [4.69, 9.17) is 4.74 Å². The number of nitrogens with one attached hydrogen (secondary N) is 1. The Hall–Kier alpha value is -4.47. The van der Waals surface area contributed by atoms with Crippen LogP contribution in [0.5, 0.6) is 11.5 Å². The van der Waals surface area contributed by atoms with Gasteiger partial charge in [-0.1, -0.05) is 55.5 Å². The van der Waals surface area contributed by atoms with Gasteiger partial charge in [-0.2, -0.15) is 5.21 Å². The molecule has 0 aliphatic heterocycles. The fourth-order valence-electron chi connectivity index (χ4n) is 3.87. The van der Waals surface area contributed by atoms with E-state index in [0.29, 0.717) is 28.9 Å². The molecule has 1 N–H and O–H groups in total. The minimum absolute atomic E-state index is 0.222. The van der Waals surface area contributed by atoms with Crippen LogP contribution in [0.25, 0.3) is 33.4 Å². The molecule has 0 radical (unpaired) electrons. The molecule has 0 fully saturated rings. The molecule has 5 rings (SSSR count). The minimum atomic E-state index is -4.78. The molecule has 0 unspecified atom stereocenters. The van der Waals surface area contributed by atoms with Gasteiger partial charge in [0.1, 0.15) is 18.1 Å². The van der Waals surface area contributed by atoms with Gasteiger partial charge in [-0.25, -0.2) is 0 Å². The van der Waals surface area contributed by atoms with Crippen molar-refractivity contribution in [3.8, 4) is 34.0 Å². The molecular weight excluding hydrogens is 471 g/mol. The number of aromatic amines is 1. The second kappa shape index (κ2) is 9.65. The van der Waals surface area contributed by atoms with Gasteiger partial charge in [-0.05, 0) is 46.5 Å². The van der Waals surface area contributed by atoms with E-state index < -0.39 is 6.36 Å². The number of pyridine rings is 1. The van der Waals surface area contributed by atoms with E-state index in [2.05, 4.69) is 30.3 Å². The molecule has 0 atom stereocenters. The standard InChI is InChI=1S/C26H20F3N5O2/c1-2-18-13-24(22-14-19(36-26(27,28)29)11-12-23(22)30-18)35-15-16-7-9-17(10-8-16)20-5-3-4-6-21(20)25-31-33-34-32-25/h3-14H,2,15H2,1H3,(H,31,32,33,34). The van der Waals surface area contributed by atoms with Crippen LogP contribution in [0.15, 0.2) is 72.8 Å². The summed E-state index contributed by atoms with van der Waals surface area (Å²) >= 11 is 0. The van der Waals surface area contributed by atoms with Crippen molar-refractivity contribution in [3.63, 3.8) is 0 Å². The number of tetrazole rings is 1. The zero-order valence-corrected chi connectivity index (χ0v) is 19.1. The highest BCUT2D eigenvalue weighted by atomic mass is 19.4. The topological polar surface area (TPSA) is 85.8 Å². The summed E-state index contributed by atoms with van der Waals surface area (Å²) in [4.78, 5) is 4.49. The predicted octanol–water partition coefficient (Wildman–Crippen LogP) is 6.12. The first-order valence-electron chi connectivity index (χ1n) is 11.1. The summed E-state index contributed by atoms with van der Waals surface area (Å²) in [6.07, 6.45) is -4.13. The average molecular weight is 491 g/mol. The summed E-state index contributed by atoms with van der Waals surface area (Å²) in [5.41, 5.74) is 4.97. The zero-order chi connectivity index (χ0) is 25.1. The predicted molar refractivity (Wildman–Crippen MR) is 127 cm³/mol. The molecule has 182 valence electrons. The molecule has 2 aromatic heterocycles. The van der Waals surface area contributed by atoms with Crippen molar-refractivity contribution < 1.29 is 22.6 Å². The number of fused-ring (bicyclic) bond motifs is 1. The number of nitrogens with zero attached hydrogens (tertiary/aromatic N) is 4. The van der Waals surface area contributed by atoms with Crippen molar-refractivity contribution >= 4 is 10.9 Å². The van der Waals surface area contributed by atoms with Gasteiger partial charge in [0, 0.05) is 22.7 Å². The molecular formula is C26H20F3N5O2. The first-order chi connectivity index (χ1) is 17.4. The fraction of sp³-hybridized carbons (Fsp3) is 0.154. The molecule has 0 spiro atoms. The van der Waals surface area contributed by atoms with Gasteiger partial charge in [0.15, 0.2) is 0 Å². The Morgan fingerprint density at radius 2 is 1.69 bits per heavy atom. The van der Waals surface area contributed by atoms with Crippen molar-refractivity contribution in [3.05, 3.63) is 84.1 Å². The molecule has 0 saturated carbocycles. The highest BCUT2D eigenvalue weighted by Gasteiger charge is 2.31. The lowest BCUT2D eigenvalue weighted by Gasteiger charge is -2.14. The lowest BCUT2D eigenvalue weighted by Crippen LogP contribution is -2.17. The van der Waals surface area contributed by atoms with Gasteiger partial charge in [-0.3, -0.25) is 4.98 Å². The Bertz CT molecular complexity index is 1490. The maximum atomic E-state index is 12.7. The number of halogens is 3. The Balaban J connectivity index is 1.39. The van der Waals surface area contributed by atoms with Gasteiger partial charge in [0.05, 0.1) is 5.52 Å². The molecule has 36 heavy (non-hydrogen) atoms. The second-order valence-electron chi connectivity index (χ2n) is 7.96. The number of hydrogen-bond donors (Lipinski definition) is 1. The van der Waals surface area contributed by atoms with Gasteiger partial charge < -0.3 is 9.47 Å². The molecule has 10 heteroatoms. The maximum absolute atomic E-state index is 12.7. The number of rotatable bonds is 7. The normalized spacial score (nSPS) is 11.6. The van der Waals surface area contributed by atoms with Crippen LogP contribution in [0.3, 0.4) is 0 Å². The van der Waals surface area contributed by atoms with E-state index in [1.807, 2.05) is 55.5 Å². The summed E-state index contributed by atoms with van der Waals surface area (Å²) in [5, 5.41) is 14.7. The molecule has 0 bridgehead atoms. The van der Waals surface area contributed by atoms with Gasteiger partial charge in [-0.15, -0.1) is 23.4 Å². The number of H-pyrrole nitrogens is 1. The van der Waals surface area contributed by atoms with Crippen molar-refractivity contribution in [2.75, 3.05) is 0 Å². The van der Waals surface area contributed by atoms with E-state index in [-0.39, 0.29) is 12.4 Å². The molecule has 7 nitrogen and oxygen atoms in total. The summed E-state index contributed by atoms with van der Waals surface area (Å²) in [6.45, 7) is 2.17. The fourth-order valence-corrected chi connectivity index (χ4v) is 3.87. The van der Waals surface area contributed by atoms with Gasteiger partial charge in [0.25, 0.3) is 0 Å². The van der Waals surface area contributed by atoms with E-state index >= 15 is 0 Å². The Labute approximate surface area is 203 Å². The lowest BCUT2D eigenvalue weighted by atomic mass is 9.98. The minimum Gasteiger partial charge on any atom is -0.488 e. The average Bonchev–Trinajstić information content (AvgIpc) is 3.41. The van der Waals surface area contributed by atoms with Crippen LogP contribution in [-0.4, -0.2) is 32.0 Å². The van der Waals surface area contributed by atoms with Gasteiger partial charge in [0.2, 0.25) is 5.82 Å². The van der Waals surface area contributed by atoms with E-state index in [0.717, 1.165) is 27.9 Å². The first-order valence-corrected chi connectivity index (χ1v) is 11.1. The molecule has 3 aromatic carbocycles. The molecule has 5 aromatic rings. The highest BCUT2D eigenvalue weighted by molar-refractivity contribution is 5.86. The third kappa shape index (κ3) is 5.12. The van der Waals surface area contributed by atoms with Crippen molar-refractivity contribution in [2.24, 2.45) is 0 Å². The first kappa shape index (κ1) is 23.3. The molecule has 0 aliphatic rings. The highest BCUT2D eigenvalue weighted by Crippen LogP contribution is 2.33. The molecule has 0 amide bonds. The second-order valence-corrected chi connectivity index (χ2v) is 7.96. The van der Waals surface area contributed by atoms with Crippen LogP contribution >= 0.6 is 0 Å². The zero-order valence-electron chi connectivity index (χ0n) is 19.1. The van der Waals surface area contributed by atoms with Crippen molar-refractivity contribution in [2.45, 2.75) is 26.3 Å². The SMILES string of the molecule is CCc1cc(OCc2ccc(-c3ccccc3-c3nn[nH]n3)cc2)c2cc(OC(F)(F)F)ccc2n1. The Kier molecular flexibility index (Phi) is 6.24. The summed E-state index contributed by atoms with van der Waals surface area (Å²) in [7, 11) is 0. The lowest BCUT2D eigenvalue weighted by molar-refractivity contribution is -0.274. The number of ether oxygens (including phenoxy) is 2. The van der Waals surface area contributed by atoms with E-state index in [1.54, 1.807) is 6.07 Å². The maximum Gasteiger partial charge on any atom is 0.573 e. The monoisotopic (exact) mass is 491 g/mol. The van der Waals surface area contributed by atoms with Crippen LogP contribution in [-0.2, 0) is 13.0 Å².